The van der Waals surface area contributed by atoms with Gasteiger partial charge in [0.1, 0.15) is 0 Å². The summed E-state index contributed by atoms with van der Waals surface area (Å²) < 4.78 is 15.3. The van der Waals surface area contributed by atoms with Gasteiger partial charge in [-0.2, -0.15) is 0 Å². The van der Waals surface area contributed by atoms with Crippen molar-refractivity contribution in [3.8, 4) is 11.5 Å². The molecule has 108 valence electrons. The van der Waals surface area contributed by atoms with Gasteiger partial charge in [0.25, 0.3) is 5.91 Å². The highest BCUT2D eigenvalue weighted by Gasteiger charge is 2.17. The Morgan fingerprint density at radius 2 is 2.10 bits per heavy atom. The maximum absolute atomic E-state index is 11.8. The van der Waals surface area contributed by atoms with Crippen LogP contribution in [0.5, 0.6) is 11.5 Å². The molecule has 6 nitrogen and oxygen atoms in total. The molecule has 0 saturated carbocycles. The normalized spacial score (nSPS) is 13.7. The van der Waals surface area contributed by atoms with Gasteiger partial charge in [-0.15, -0.1) is 0 Å². The second-order valence-electron chi connectivity index (χ2n) is 4.52. The third-order valence-electron chi connectivity index (χ3n) is 2.96. The Labute approximate surface area is 117 Å². The minimum atomic E-state index is -0.567. The Morgan fingerprint density at radius 1 is 1.35 bits per heavy atom. The third-order valence-corrected chi connectivity index (χ3v) is 2.96. The summed E-state index contributed by atoms with van der Waals surface area (Å²) in [6.45, 7) is 3.70. The second kappa shape index (κ2) is 6.27. The molecule has 20 heavy (non-hydrogen) atoms. The van der Waals surface area contributed by atoms with Crippen molar-refractivity contribution in [1.82, 2.24) is 5.32 Å². The smallest absolute Gasteiger partial charge is 0.338 e. The van der Waals surface area contributed by atoms with E-state index in [1.165, 1.54) is 6.07 Å². The van der Waals surface area contributed by atoms with Crippen molar-refractivity contribution in [3.63, 3.8) is 0 Å². The number of carbonyl (C=O) groups excluding carboxylic acids is 2. The van der Waals surface area contributed by atoms with Gasteiger partial charge >= 0.3 is 5.97 Å². The highest BCUT2D eigenvalue weighted by atomic mass is 16.7. The van der Waals surface area contributed by atoms with Gasteiger partial charge in [-0.3, -0.25) is 4.79 Å². The fourth-order valence-corrected chi connectivity index (χ4v) is 1.66. The number of hydrogen-bond acceptors (Lipinski definition) is 5. The molecule has 6 heteroatoms. The predicted molar refractivity (Wildman–Crippen MR) is 70.7 cm³/mol. The lowest BCUT2D eigenvalue weighted by Crippen LogP contribution is -2.35. The molecule has 2 rings (SSSR count). The molecule has 0 fully saturated rings. The molecule has 0 radical (unpaired) electrons. The first-order valence-corrected chi connectivity index (χ1v) is 6.46. The first-order chi connectivity index (χ1) is 9.60. The summed E-state index contributed by atoms with van der Waals surface area (Å²) in [5.74, 6) is 0.218. The maximum atomic E-state index is 11.8. The highest BCUT2D eigenvalue weighted by molar-refractivity contribution is 5.92. The number of nitrogens with one attached hydrogen (secondary N) is 1. The van der Waals surface area contributed by atoms with Crippen LogP contribution in [0.15, 0.2) is 18.2 Å². The molecule has 1 atom stereocenters. The van der Waals surface area contributed by atoms with E-state index in [1.54, 1.807) is 12.1 Å². The van der Waals surface area contributed by atoms with Gasteiger partial charge in [-0.25, -0.2) is 4.79 Å². The second-order valence-corrected chi connectivity index (χ2v) is 4.52. The number of fused-ring (bicyclic) bond motifs is 1. The van der Waals surface area contributed by atoms with Crippen LogP contribution in [0, 0.1) is 0 Å². The van der Waals surface area contributed by atoms with E-state index in [0.29, 0.717) is 17.1 Å². The Balaban J connectivity index is 1.87. The van der Waals surface area contributed by atoms with Gasteiger partial charge in [0, 0.05) is 6.04 Å². The Hall–Kier alpha value is -2.24. The van der Waals surface area contributed by atoms with Crippen LogP contribution in [0.1, 0.15) is 30.6 Å². The summed E-state index contributed by atoms with van der Waals surface area (Å²) >= 11 is 0. The predicted octanol–water partition coefficient (Wildman–Crippen LogP) is 1.49. The van der Waals surface area contributed by atoms with Crippen molar-refractivity contribution in [2.75, 3.05) is 13.4 Å². The maximum Gasteiger partial charge on any atom is 0.338 e. The summed E-state index contributed by atoms with van der Waals surface area (Å²) in [5.41, 5.74) is 0.325. The molecule has 1 N–H and O–H groups in total. The summed E-state index contributed by atoms with van der Waals surface area (Å²) in [5, 5.41) is 2.72. The molecule has 1 unspecified atom stereocenters. The quantitative estimate of drug-likeness (QED) is 0.826. The summed E-state index contributed by atoms with van der Waals surface area (Å²) in [7, 11) is 0. The van der Waals surface area contributed by atoms with E-state index in [-0.39, 0.29) is 25.3 Å². The van der Waals surface area contributed by atoms with Crippen molar-refractivity contribution < 1.29 is 23.8 Å². The molecule has 1 heterocycles. The molecular weight excluding hydrogens is 262 g/mol. The number of amides is 1. The Bertz CT molecular complexity index is 514. The number of benzene rings is 1. The molecule has 0 bridgehead atoms. The third kappa shape index (κ3) is 3.40. The Morgan fingerprint density at radius 3 is 2.85 bits per heavy atom. The minimum absolute atomic E-state index is 0.0618. The zero-order valence-corrected chi connectivity index (χ0v) is 11.5. The number of rotatable bonds is 5. The van der Waals surface area contributed by atoms with E-state index >= 15 is 0 Å². The topological polar surface area (TPSA) is 73.9 Å². The number of esters is 1. The highest BCUT2D eigenvalue weighted by Crippen LogP contribution is 2.32. The van der Waals surface area contributed by atoms with Crippen molar-refractivity contribution in [3.05, 3.63) is 23.8 Å². The van der Waals surface area contributed by atoms with Crippen LogP contribution in [0.3, 0.4) is 0 Å². The molecule has 1 aromatic carbocycles. The standard InChI is InChI=1S/C14H17NO5/c1-3-9(2)15-13(16)7-18-14(17)10-4-5-11-12(6-10)20-8-19-11/h4-6,9H,3,7-8H2,1-2H3,(H,15,16). The van der Waals surface area contributed by atoms with E-state index in [1.807, 2.05) is 13.8 Å². The summed E-state index contributed by atoms with van der Waals surface area (Å²) in [4.78, 5) is 23.3. The van der Waals surface area contributed by atoms with Crippen LogP contribution < -0.4 is 14.8 Å². The van der Waals surface area contributed by atoms with Crippen LogP contribution in [-0.2, 0) is 9.53 Å². The van der Waals surface area contributed by atoms with E-state index in [0.717, 1.165) is 6.42 Å². The lowest BCUT2D eigenvalue weighted by molar-refractivity contribution is -0.124. The minimum Gasteiger partial charge on any atom is -0.454 e. The molecule has 0 saturated heterocycles. The van der Waals surface area contributed by atoms with Gasteiger partial charge in [0.2, 0.25) is 6.79 Å². The van der Waals surface area contributed by atoms with E-state index in [2.05, 4.69) is 5.32 Å². The first kappa shape index (κ1) is 14.2. The average molecular weight is 279 g/mol. The van der Waals surface area contributed by atoms with Crippen LogP contribution >= 0.6 is 0 Å². The largest absolute Gasteiger partial charge is 0.454 e. The molecule has 1 aliphatic heterocycles. The number of ether oxygens (including phenoxy) is 3. The molecule has 1 aromatic rings. The van der Waals surface area contributed by atoms with Crippen LogP contribution in [0.25, 0.3) is 0 Å². The summed E-state index contributed by atoms with van der Waals surface area (Å²) in [6, 6.07) is 4.81. The van der Waals surface area contributed by atoms with Gasteiger partial charge < -0.3 is 19.5 Å². The number of carbonyl (C=O) groups is 2. The van der Waals surface area contributed by atoms with Gasteiger partial charge in [-0.05, 0) is 31.5 Å². The zero-order chi connectivity index (χ0) is 14.5. The van der Waals surface area contributed by atoms with E-state index < -0.39 is 5.97 Å². The van der Waals surface area contributed by atoms with Crippen LogP contribution in [0.2, 0.25) is 0 Å². The van der Waals surface area contributed by atoms with Crippen LogP contribution in [0.4, 0.5) is 0 Å². The lowest BCUT2D eigenvalue weighted by atomic mass is 10.2. The van der Waals surface area contributed by atoms with E-state index in [4.69, 9.17) is 14.2 Å². The molecule has 1 amide bonds. The number of hydrogen-bond donors (Lipinski definition) is 1. The zero-order valence-electron chi connectivity index (χ0n) is 11.5. The molecule has 1 aliphatic rings. The lowest BCUT2D eigenvalue weighted by Gasteiger charge is -2.11. The average Bonchev–Trinajstić information content (AvgIpc) is 2.91. The SMILES string of the molecule is CCC(C)NC(=O)COC(=O)c1ccc2c(c1)OCO2. The Kier molecular flexibility index (Phi) is 4.45. The van der Waals surface area contributed by atoms with Gasteiger partial charge in [-0.1, -0.05) is 6.92 Å². The molecule has 0 spiro atoms. The van der Waals surface area contributed by atoms with Crippen molar-refractivity contribution in [2.24, 2.45) is 0 Å². The first-order valence-electron chi connectivity index (χ1n) is 6.46. The molecule has 0 aromatic heterocycles. The van der Waals surface area contributed by atoms with Gasteiger partial charge in [0.15, 0.2) is 18.1 Å². The fraction of sp³-hybridized carbons (Fsp3) is 0.429. The van der Waals surface area contributed by atoms with Crippen molar-refractivity contribution >= 4 is 11.9 Å². The van der Waals surface area contributed by atoms with E-state index in [9.17, 15) is 9.59 Å². The van der Waals surface area contributed by atoms with Crippen molar-refractivity contribution in [1.29, 1.82) is 0 Å². The molecular formula is C14H17NO5. The van der Waals surface area contributed by atoms with Crippen LogP contribution in [-0.4, -0.2) is 31.3 Å². The van der Waals surface area contributed by atoms with Crippen molar-refractivity contribution in [2.45, 2.75) is 26.3 Å². The van der Waals surface area contributed by atoms with Gasteiger partial charge in [0.05, 0.1) is 5.56 Å². The summed E-state index contributed by atoms with van der Waals surface area (Å²) in [6.07, 6.45) is 0.821. The fourth-order valence-electron chi connectivity index (χ4n) is 1.66. The monoisotopic (exact) mass is 279 g/mol. The molecule has 0 aliphatic carbocycles.